The Kier molecular flexibility index (Phi) is 6.26. The van der Waals surface area contributed by atoms with Gasteiger partial charge in [0.1, 0.15) is 0 Å². The van der Waals surface area contributed by atoms with E-state index >= 15 is 0 Å². The lowest BCUT2D eigenvalue weighted by Crippen LogP contribution is -2.24. The number of carbonyl (C=O) groups is 1. The highest BCUT2D eigenvalue weighted by molar-refractivity contribution is 7.16. The fraction of sp³-hybridized carbons (Fsp3) is 0.200. The number of nitro groups is 1. The van der Waals surface area contributed by atoms with E-state index in [1.54, 1.807) is 24.3 Å². The van der Waals surface area contributed by atoms with Gasteiger partial charge in [0.25, 0.3) is 5.91 Å². The molecule has 0 aliphatic carbocycles. The summed E-state index contributed by atoms with van der Waals surface area (Å²) in [5, 5.41) is 14.3. The third-order valence-electron chi connectivity index (χ3n) is 2.68. The summed E-state index contributed by atoms with van der Waals surface area (Å²) in [5.41, 5.74) is 2.29. The molecule has 8 nitrogen and oxygen atoms in total. The number of para-hydroxylation sites is 2. The van der Waals surface area contributed by atoms with E-state index in [4.69, 9.17) is 9.47 Å². The SMILES string of the molecule is CCOc1ccccc1OCC(=O)N/N=C/c1ccc([N+](=O)[O-])s1. The molecular weight excluding hydrogens is 334 g/mol. The standard InChI is InChI=1S/C15H15N3O5S/c1-2-22-12-5-3-4-6-13(12)23-10-14(19)17-16-9-11-7-8-15(24-11)18(20)21/h3-9H,2,10H2,1H3,(H,17,19)/b16-9+. The van der Waals surface area contributed by atoms with Crippen molar-refractivity contribution in [3.63, 3.8) is 0 Å². The molecule has 0 radical (unpaired) electrons. The van der Waals surface area contributed by atoms with Gasteiger partial charge >= 0.3 is 5.00 Å². The van der Waals surface area contributed by atoms with Crippen molar-refractivity contribution in [1.29, 1.82) is 0 Å². The average molecular weight is 349 g/mol. The Hall–Kier alpha value is -2.94. The highest BCUT2D eigenvalue weighted by Crippen LogP contribution is 2.26. The van der Waals surface area contributed by atoms with E-state index < -0.39 is 10.8 Å². The molecule has 0 bridgehead atoms. The zero-order valence-electron chi connectivity index (χ0n) is 12.8. The Balaban J connectivity index is 1.83. The fourth-order valence-corrected chi connectivity index (χ4v) is 2.39. The van der Waals surface area contributed by atoms with Crippen LogP contribution in [-0.4, -0.2) is 30.3 Å². The molecule has 1 aromatic carbocycles. The minimum Gasteiger partial charge on any atom is -0.490 e. The first-order valence-electron chi connectivity index (χ1n) is 7.01. The summed E-state index contributed by atoms with van der Waals surface area (Å²) in [4.78, 5) is 22.3. The molecule has 0 aliphatic rings. The number of carbonyl (C=O) groups excluding carboxylic acids is 1. The van der Waals surface area contributed by atoms with Crippen LogP contribution in [0.15, 0.2) is 41.5 Å². The molecule has 2 aromatic rings. The van der Waals surface area contributed by atoms with Crippen LogP contribution in [0.5, 0.6) is 11.5 Å². The molecule has 1 aromatic heterocycles. The minimum absolute atomic E-state index is 0.0126. The maximum atomic E-state index is 11.7. The van der Waals surface area contributed by atoms with Crippen LogP contribution in [0.3, 0.4) is 0 Å². The largest absolute Gasteiger partial charge is 0.490 e. The van der Waals surface area contributed by atoms with Gasteiger partial charge in [0.15, 0.2) is 18.1 Å². The van der Waals surface area contributed by atoms with Gasteiger partial charge in [-0.1, -0.05) is 23.5 Å². The summed E-state index contributed by atoms with van der Waals surface area (Å²) >= 11 is 0.963. The van der Waals surface area contributed by atoms with Gasteiger partial charge in [-0.3, -0.25) is 14.9 Å². The molecular formula is C15H15N3O5S. The second-order valence-electron chi connectivity index (χ2n) is 4.39. The first-order valence-corrected chi connectivity index (χ1v) is 7.82. The molecule has 126 valence electrons. The van der Waals surface area contributed by atoms with E-state index in [0.29, 0.717) is 23.0 Å². The molecule has 2 rings (SSSR count). The van der Waals surface area contributed by atoms with Crippen molar-refractivity contribution in [1.82, 2.24) is 5.43 Å². The third kappa shape index (κ3) is 5.06. The number of benzene rings is 1. The fourth-order valence-electron chi connectivity index (χ4n) is 1.70. The Morgan fingerprint density at radius 2 is 2.00 bits per heavy atom. The first kappa shape index (κ1) is 17.4. The van der Waals surface area contributed by atoms with E-state index in [1.165, 1.54) is 12.3 Å². The average Bonchev–Trinajstić information content (AvgIpc) is 3.03. The maximum absolute atomic E-state index is 11.7. The second-order valence-corrected chi connectivity index (χ2v) is 5.49. The van der Waals surface area contributed by atoms with Gasteiger partial charge in [0, 0.05) is 6.07 Å². The van der Waals surface area contributed by atoms with Crippen LogP contribution in [0.4, 0.5) is 5.00 Å². The highest BCUT2D eigenvalue weighted by Gasteiger charge is 2.09. The van der Waals surface area contributed by atoms with Crippen molar-refractivity contribution in [2.45, 2.75) is 6.92 Å². The lowest BCUT2D eigenvalue weighted by atomic mass is 10.3. The quantitative estimate of drug-likeness (QED) is 0.448. The lowest BCUT2D eigenvalue weighted by Gasteiger charge is -2.10. The van der Waals surface area contributed by atoms with Gasteiger partial charge in [0.05, 0.1) is 22.6 Å². The topological polar surface area (TPSA) is 103 Å². The Morgan fingerprint density at radius 3 is 2.62 bits per heavy atom. The summed E-state index contributed by atoms with van der Waals surface area (Å²) < 4.78 is 10.8. The van der Waals surface area contributed by atoms with Crippen LogP contribution < -0.4 is 14.9 Å². The molecule has 1 heterocycles. The minimum atomic E-state index is -0.482. The van der Waals surface area contributed by atoms with Gasteiger partial charge in [-0.2, -0.15) is 5.10 Å². The van der Waals surface area contributed by atoms with Crippen molar-refractivity contribution >= 4 is 28.5 Å². The van der Waals surface area contributed by atoms with Crippen molar-refractivity contribution in [2.75, 3.05) is 13.2 Å². The van der Waals surface area contributed by atoms with Crippen molar-refractivity contribution < 1.29 is 19.2 Å². The zero-order valence-corrected chi connectivity index (χ0v) is 13.6. The van der Waals surface area contributed by atoms with Crippen molar-refractivity contribution in [3.05, 3.63) is 51.4 Å². The number of hydrogen-bond acceptors (Lipinski definition) is 7. The molecule has 24 heavy (non-hydrogen) atoms. The monoisotopic (exact) mass is 349 g/mol. The van der Waals surface area contributed by atoms with E-state index in [9.17, 15) is 14.9 Å². The smallest absolute Gasteiger partial charge is 0.324 e. The molecule has 0 atom stereocenters. The Labute approximate surface area is 141 Å². The maximum Gasteiger partial charge on any atom is 0.324 e. The molecule has 9 heteroatoms. The molecule has 0 aliphatic heterocycles. The predicted molar refractivity (Wildman–Crippen MR) is 89.8 cm³/mol. The normalized spacial score (nSPS) is 10.5. The van der Waals surface area contributed by atoms with Crippen LogP contribution >= 0.6 is 11.3 Å². The Morgan fingerprint density at radius 1 is 1.29 bits per heavy atom. The number of hydrazone groups is 1. The Bertz CT molecular complexity index is 744. The van der Waals surface area contributed by atoms with Gasteiger partial charge < -0.3 is 9.47 Å². The van der Waals surface area contributed by atoms with Crippen LogP contribution in [0, 0.1) is 10.1 Å². The van der Waals surface area contributed by atoms with Gasteiger partial charge in [-0.15, -0.1) is 0 Å². The van der Waals surface area contributed by atoms with E-state index in [0.717, 1.165) is 11.3 Å². The number of nitrogens with zero attached hydrogens (tertiary/aromatic N) is 2. The summed E-state index contributed by atoms with van der Waals surface area (Å²) in [6.45, 7) is 2.11. The summed E-state index contributed by atoms with van der Waals surface area (Å²) in [6, 6.07) is 9.96. The van der Waals surface area contributed by atoms with Crippen LogP contribution in [0.25, 0.3) is 0 Å². The van der Waals surface area contributed by atoms with Crippen molar-refractivity contribution in [2.24, 2.45) is 5.10 Å². The van der Waals surface area contributed by atoms with Gasteiger partial charge in [-0.25, -0.2) is 5.43 Å². The third-order valence-corrected chi connectivity index (χ3v) is 3.65. The zero-order chi connectivity index (χ0) is 17.4. The first-order chi connectivity index (χ1) is 11.6. The van der Waals surface area contributed by atoms with Crippen molar-refractivity contribution in [3.8, 4) is 11.5 Å². The number of ether oxygens (including phenoxy) is 2. The van der Waals surface area contributed by atoms with Gasteiger partial charge in [0.2, 0.25) is 0 Å². The number of hydrogen-bond donors (Lipinski definition) is 1. The van der Waals surface area contributed by atoms with Crippen LogP contribution in [0.2, 0.25) is 0 Å². The highest BCUT2D eigenvalue weighted by atomic mass is 32.1. The molecule has 0 fully saturated rings. The number of amides is 1. The van der Waals surface area contributed by atoms with Gasteiger partial charge in [-0.05, 0) is 25.1 Å². The lowest BCUT2D eigenvalue weighted by molar-refractivity contribution is -0.380. The van der Waals surface area contributed by atoms with Crippen LogP contribution in [-0.2, 0) is 4.79 Å². The van der Waals surface area contributed by atoms with E-state index in [2.05, 4.69) is 10.5 Å². The number of thiophene rings is 1. The molecule has 1 N–H and O–H groups in total. The van der Waals surface area contributed by atoms with E-state index in [1.807, 2.05) is 13.0 Å². The molecule has 0 saturated carbocycles. The summed E-state index contributed by atoms with van der Waals surface area (Å²) in [7, 11) is 0. The predicted octanol–water partition coefficient (Wildman–Crippen LogP) is 2.58. The van der Waals surface area contributed by atoms with E-state index in [-0.39, 0.29) is 11.6 Å². The number of rotatable bonds is 8. The van der Waals surface area contributed by atoms with Crippen LogP contribution in [0.1, 0.15) is 11.8 Å². The summed E-state index contributed by atoms with van der Waals surface area (Å²) in [5.74, 6) is 0.568. The summed E-state index contributed by atoms with van der Waals surface area (Å²) in [6.07, 6.45) is 1.34. The molecule has 1 amide bonds. The molecule has 0 saturated heterocycles. The second kappa shape index (κ2) is 8.63. The number of nitrogens with one attached hydrogen (secondary N) is 1. The molecule has 0 spiro atoms. The molecule has 0 unspecified atom stereocenters.